The molecule has 142 valence electrons. The van der Waals surface area contributed by atoms with Crippen molar-refractivity contribution >= 4 is 7.82 Å². The van der Waals surface area contributed by atoms with Crippen molar-refractivity contribution in [1.29, 1.82) is 5.26 Å². The molecule has 12 heteroatoms. The highest BCUT2D eigenvalue weighted by molar-refractivity contribution is 7.48. The van der Waals surface area contributed by atoms with Crippen molar-refractivity contribution in [3.8, 4) is 6.07 Å². The van der Waals surface area contributed by atoms with Crippen molar-refractivity contribution in [3.05, 3.63) is 32.6 Å². The molecule has 2 atom stereocenters. The number of aliphatic hydroxyl groups excluding tert-OH is 1. The Balaban J connectivity index is 1.73. The number of phosphoric ester groups is 1. The van der Waals surface area contributed by atoms with Gasteiger partial charge in [-0.15, -0.1) is 0 Å². The number of aryl methyl sites for hydroxylation is 1. The van der Waals surface area contributed by atoms with Crippen LogP contribution in [0.25, 0.3) is 0 Å². The van der Waals surface area contributed by atoms with Gasteiger partial charge < -0.3 is 9.84 Å². The molecule has 1 spiro atoms. The van der Waals surface area contributed by atoms with Gasteiger partial charge in [0.05, 0.1) is 38.4 Å². The Labute approximate surface area is 147 Å². The molecule has 0 aliphatic carbocycles. The van der Waals surface area contributed by atoms with E-state index in [1.54, 1.807) is 0 Å². The van der Waals surface area contributed by atoms with E-state index >= 15 is 0 Å². The van der Waals surface area contributed by atoms with E-state index in [0.717, 1.165) is 0 Å². The summed E-state index contributed by atoms with van der Waals surface area (Å²) in [6.45, 7) is 0.883. The average molecular weight is 387 g/mol. The predicted molar refractivity (Wildman–Crippen MR) is 85.2 cm³/mol. The number of aromatic nitrogens is 2. The second-order valence-corrected chi connectivity index (χ2v) is 7.77. The third kappa shape index (κ3) is 3.53. The fourth-order valence-electron chi connectivity index (χ4n) is 2.77. The summed E-state index contributed by atoms with van der Waals surface area (Å²) in [5.41, 5.74) is -2.17. The molecule has 2 saturated heterocycles. The summed E-state index contributed by atoms with van der Waals surface area (Å²) in [5.74, 6) is 0. The lowest BCUT2D eigenvalue weighted by Gasteiger charge is -2.37. The van der Waals surface area contributed by atoms with Crippen molar-refractivity contribution in [2.24, 2.45) is 0 Å². The molecule has 2 N–H and O–H groups in total. The summed E-state index contributed by atoms with van der Waals surface area (Å²) < 4.78 is 34.5. The molecule has 2 fully saturated rings. The maximum Gasteiger partial charge on any atom is 0.475 e. The maximum absolute atomic E-state index is 12.2. The second-order valence-electron chi connectivity index (χ2n) is 6.10. The Morgan fingerprint density at radius 2 is 2.19 bits per heavy atom. The lowest BCUT2D eigenvalue weighted by molar-refractivity contribution is -0.166. The van der Waals surface area contributed by atoms with Gasteiger partial charge in [-0.2, -0.15) is 5.26 Å². The van der Waals surface area contributed by atoms with Gasteiger partial charge in [-0.1, -0.05) is 0 Å². The summed E-state index contributed by atoms with van der Waals surface area (Å²) in [7, 11) is -3.82. The van der Waals surface area contributed by atoms with E-state index in [-0.39, 0.29) is 32.7 Å². The zero-order chi connectivity index (χ0) is 18.9. The zero-order valence-corrected chi connectivity index (χ0v) is 14.8. The van der Waals surface area contributed by atoms with Crippen LogP contribution in [-0.4, -0.2) is 46.2 Å². The highest BCUT2D eigenvalue weighted by Gasteiger charge is 2.55. The Hall–Kier alpha value is -1.80. The normalized spacial score (nSPS) is 34.0. The first-order valence-electron chi connectivity index (χ1n) is 7.87. The van der Waals surface area contributed by atoms with E-state index in [1.165, 1.54) is 17.7 Å². The van der Waals surface area contributed by atoms with Gasteiger partial charge in [-0.25, -0.2) is 9.36 Å². The maximum atomic E-state index is 12.2. The minimum absolute atomic E-state index is 0.0253. The third-order valence-corrected chi connectivity index (χ3v) is 5.65. The van der Waals surface area contributed by atoms with Crippen molar-refractivity contribution in [3.63, 3.8) is 0 Å². The number of H-pyrrole nitrogens is 1. The molecule has 2 aliphatic rings. The van der Waals surface area contributed by atoms with Crippen molar-refractivity contribution in [1.82, 2.24) is 9.55 Å². The number of phosphoric acid groups is 1. The number of nitrogens with one attached hydrogen (secondary N) is 1. The monoisotopic (exact) mass is 387 g/mol. The van der Waals surface area contributed by atoms with E-state index in [4.69, 9.17) is 23.6 Å². The van der Waals surface area contributed by atoms with Gasteiger partial charge in [-0.05, 0) is 6.92 Å². The number of hydrogen-bond acceptors (Lipinski definition) is 9. The molecule has 0 unspecified atom stereocenters. The smallest absolute Gasteiger partial charge is 0.390 e. The van der Waals surface area contributed by atoms with Crippen molar-refractivity contribution in [2.45, 2.75) is 37.7 Å². The number of nitrogens with zero attached hydrogens (tertiary/aromatic N) is 2. The largest absolute Gasteiger partial charge is 0.475 e. The molecule has 26 heavy (non-hydrogen) atoms. The molecule has 3 rings (SSSR count). The molecule has 0 bridgehead atoms. The lowest BCUT2D eigenvalue weighted by atomic mass is 9.99. The van der Waals surface area contributed by atoms with Gasteiger partial charge in [0.1, 0.15) is 11.8 Å². The van der Waals surface area contributed by atoms with Gasteiger partial charge in [0, 0.05) is 18.2 Å². The fourth-order valence-corrected chi connectivity index (χ4v) is 4.06. The molecule has 0 amide bonds. The van der Waals surface area contributed by atoms with E-state index in [2.05, 4.69) is 4.98 Å². The summed E-state index contributed by atoms with van der Waals surface area (Å²) in [6, 6.07) is 1.84. The van der Waals surface area contributed by atoms with Crippen LogP contribution in [0.3, 0.4) is 0 Å². The van der Waals surface area contributed by atoms with Gasteiger partial charge in [-0.3, -0.25) is 27.9 Å². The molecular formula is C14H18N3O8P. The Morgan fingerprint density at radius 3 is 2.85 bits per heavy atom. The summed E-state index contributed by atoms with van der Waals surface area (Å²) in [6.07, 6.45) is -0.482. The fraction of sp³-hybridized carbons (Fsp3) is 0.643. The van der Waals surface area contributed by atoms with Crippen LogP contribution in [0.2, 0.25) is 0 Å². The summed E-state index contributed by atoms with van der Waals surface area (Å²) >= 11 is 0. The number of aliphatic hydroxyl groups is 1. The summed E-state index contributed by atoms with van der Waals surface area (Å²) in [4.78, 5) is 25.7. The molecule has 3 heterocycles. The number of nitriles is 1. The number of aromatic amines is 1. The van der Waals surface area contributed by atoms with Gasteiger partial charge in [0.2, 0.25) is 0 Å². The van der Waals surface area contributed by atoms with E-state index in [1.807, 2.05) is 6.07 Å². The van der Waals surface area contributed by atoms with Crippen LogP contribution >= 0.6 is 7.82 Å². The van der Waals surface area contributed by atoms with Gasteiger partial charge in [0.25, 0.3) is 5.56 Å². The first-order valence-corrected chi connectivity index (χ1v) is 9.33. The van der Waals surface area contributed by atoms with Crippen LogP contribution in [0.4, 0.5) is 0 Å². The quantitative estimate of drug-likeness (QED) is 0.535. The second kappa shape index (κ2) is 7.08. The third-order valence-electron chi connectivity index (χ3n) is 4.26. The molecule has 0 aromatic carbocycles. The molecule has 2 aliphatic heterocycles. The van der Waals surface area contributed by atoms with Crippen LogP contribution in [-0.2, 0) is 22.9 Å². The first-order chi connectivity index (χ1) is 12.3. The van der Waals surface area contributed by atoms with Crippen LogP contribution < -0.4 is 11.2 Å². The van der Waals surface area contributed by atoms with Crippen molar-refractivity contribution < 1.29 is 28.0 Å². The Bertz CT molecular complexity index is 875. The zero-order valence-electron chi connectivity index (χ0n) is 13.9. The standard InChI is InChI=1S/C14H18N3O8P/c1-9-6-17(13(20)16-12(9)19)11-5-10(18)14(25-11)7-23-26(21,24-8-14)22-4-2-3-15/h6,10-11,18H,2,4-5,7-8H2,1H3,(H,16,19,20)/t10-,11-,14?,26?/m1/s1. The van der Waals surface area contributed by atoms with E-state index in [9.17, 15) is 19.3 Å². The van der Waals surface area contributed by atoms with E-state index in [0.29, 0.717) is 5.56 Å². The van der Waals surface area contributed by atoms with Crippen LogP contribution in [0.5, 0.6) is 0 Å². The van der Waals surface area contributed by atoms with Gasteiger partial charge >= 0.3 is 13.5 Å². The minimum atomic E-state index is -3.82. The number of rotatable bonds is 4. The number of hydrogen-bond donors (Lipinski definition) is 2. The first kappa shape index (κ1) is 19.0. The lowest BCUT2D eigenvalue weighted by Crippen LogP contribution is -2.50. The molecule has 1 aromatic heterocycles. The van der Waals surface area contributed by atoms with Crippen molar-refractivity contribution in [2.75, 3.05) is 19.8 Å². The molecule has 1 aromatic rings. The predicted octanol–water partition coefficient (Wildman–Crippen LogP) is -0.0512. The number of ether oxygens (including phenoxy) is 1. The highest BCUT2D eigenvalue weighted by Crippen LogP contribution is 2.56. The highest BCUT2D eigenvalue weighted by atomic mass is 31.2. The average Bonchev–Trinajstić information content (AvgIpc) is 2.91. The Kier molecular flexibility index (Phi) is 5.16. The molecule has 11 nitrogen and oxygen atoms in total. The van der Waals surface area contributed by atoms with E-state index < -0.39 is 37.0 Å². The summed E-state index contributed by atoms with van der Waals surface area (Å²) in [5, 5.41) is 18.9. The molecule has 0 radical (unpaired) electrons. The van der Waals surface area contributed by atoms with Gasteiger partial charge in [0.15, 0.2) is 0 Å². The topological polar surface area (TPSA) is 153 Å². The van der Waals surface area contributed by atoms with Crippen LogP contribution in [0.15, 0.2) is 15.8 Å². The molecule has 0 saturated carbocycles. The van der Waals surface area contributed by atoms with Crippen LogP contribution in [0.1, 0.15) is 24.6 Å². The van der Waals surface area contributed by atoms with Crippen LogP contribution in [0, 0.1) is 18.3 Å². The SMILES string of the molecule is Cc1cn([C@H]2C[C@@H](O)C3(COP(=O)(OCCC#N)OC3)O2)c(=O)[nH]c1=O. The Morgan fingerprint density at radius 1 is 1.50 bits per heavy atom. The minimum Gasteiger partial charge on any atom is -0.390 e. The molecular weight excluding hydrogens is 369 g/mol.